The van der Waals surface area contributed by atoms with Crippen molar-refractivity contribution >= 4 is 22.4 Å². The Balaban J connectivity index is 1.84. The van der Waals surface area contributed by atoms with Crippen LogP contribution >= 0.6 is 11.5 Å². The maximum atomic E-state index is 12.5. The third kappa shape index (κ3) is 1.46. The number of carbonyl (C=O) groups is 1. The molecular weight excluding hydrogens is 222 g/mol. The topological polar surface area (TPSA) is 45.2 Å². The van der Waals surface area contributed by atoms with Crippen molar-refractivity contribution in [2.45, 2.75) is 19.3 Å². The third-order valence-electron chi connectivity index (χ3n) is 3.76. The fourth-order valence-corrected chi connectivity index (χ4v) is 3.37. The molecule has 3 heterocycles. The van der Waals surface area contributed by atoms with Crippen LogP contribution in [-0.2, 0) is 4.79 Å². The lowest BCUT2D eigenvalue weighted by molar-refractivity contribution is -0.126. The minimum Gasteiger partial charge on any atom is -0.317 e. The fourth-order valence-electron chi connectivity index (χ4n) is 2.75. The lowest BCUT2D eigenvalue weighted by Crippen LogP contribution is -2.42. The lowest BCUT2D eigenvalue weighted by atomic mass is 9.78. The Morgan fingerprint density at radius 3 is 2.88 bits per heavy atom. The summed E-state index contributed by atoms with van der Waals surface area (Å²) in [5, 5.41) is 4.33. The van der Waals surface area contributed by atoms with Crippen LogP contribution < -0.4 is 10.2 Å². The molecule has 0 bridgehead atoms. The molecule has 3 rings (SSSR count). The first-order chi connectivity index (χ1) is 7.82. The van der Waals surface area contributed by atoms with Crippen molar-refractivity contribution in [1.82, 2.24) is 9.69 Å². The zero-order chi connectivity index (χ0) is 11.0. The summed E-state index contributed by atoms with van der Waals surface area (Å²) in [7, 11) is 0. The molecule has 86 valence electrons. The Morgan fingerprint density at radius 2 is 2.19 bits per heavy atom. The third-order valence-corrected chi connectivity index (χ3v) is 4.53. The number of aromatic nitrogens is 1. The van der Waals surface area contributed by atoms with Gasteiger partial charge in [-0.15, -0.1) is 0 Å². The van der Waals surface area contributed by atoms with E-state index >= 15 is 0 Å². The van der Waals surface area contributed by atoms with Crippen LogP contribution in [0.2, 0.25) is 0 Å². The second-order valence-electron chi connectivity index (χ2n) is 4.59. The molecule has 0 aliphatic carbocycles. The van der Waals surface area contributed by atoms with E-state index in [-0.39, 0.29) is 5.41 Å². The number of nitrogens with zero attached hydrogens (tertiary/aromatic N) is 2. The summed E-state index contributed by atoms with van der Waals surface area (Å²) in [6.45, 7) is 2.81. The molecule has 0 atom stereocenters. The molecule has 1 aromatic heterocycles. The summed E-state index contributed by atoms with van der Waals surface area (Å²) in [5.74, 6) is 0.318. The summed E-state index contributed by atoms with van der Waals surface area (Å²) < 4.78 is 4.07. The SMILES string of the molecule is O=C1N(c2ccns2)CCC12CCNCC2. The van der Waals surface area contributed by atoms with Crippen molar-refractivity contribution in [2.75, 3.05) is 24.5 Å². The zero-order valence-electron chi connectivity index (χ0n) is 9.11. The molecule has 5 heteroatoms. The molecule has 0 radical (unpaired) electrons. The molecule has 1 spiro atoms. The van der Waals surface area contributed by atoms with Gasteiger partial charge in [0.2, 0.25) is 5.91 Å². The molecule has 0 aromatic carbocycles. The lowest BCUT2D eigenvalue weighted by Gasteiger charge is -2.31. The van der Waals surface area contributed by atoms with E-state index in [1.54, 1.807) is 6.20 Å². The monoisotopic (exact) mass is 237 g/mol. The van der Waals surface area contributed by atoms with Gasteiger partial charge in [-0.1, -0.05) is 0 Å². The molecule has 1 N–H and O–H groups in total. The summed E-state index contributed by atoms with van der Waals surface area (Å²) in [5.41, 5.74) is -0.0742. The van der Waals surface area contributed by atoms with Gasteiger partial charge in [0.1, 0.15) is 5.00 Å². The number of rotatable bonds is 1. The number of carbonyl (C=O) groups excluding carboxylic acids is 1. The average Bonchev–Trinajstić information content (AvgIpc) is 2.92. The van der Waals surface area contributed by atoms with E-state index in [0.29, 0.717) is 5.91 Å². The quantitative estimate of drug-likeness (QED) is 0.799. The van der Waals surface area contributed by atoms with Gasteiger partial charge in [-0.25, -0.2) is 0 Å². The molecule has 1 amide bonds. The second-order valence-corrected chi connectivity index (χ2v) is 5.40. The highest BCUT2D eigenvalue weighted by molar-refractivity contribution is 7.10. The van der Waals surface area contributed by atoms with Crippen LogP contribution in [0.4, 0.5) is 5.00 Å². The normalized spacial score (nSPS) is 24.2. The van der Waals surface area contributed by atoms with Crippen molar-refractivity contribution in [2.24, 2.45) is 5.41 Å². The van der Waals surface area contributed by atoms with Gasteiger partial charge < -0.3 is 10.2 Å². The van der Waals surface area contributed by atoms with Crippen LogP contribution in [0.1, 0.15) is 19.3 Å². The first-order valence-electron chi connectivity index (χ1n) is 5.75. The van der Waals surface area contributed by atoms with Crippen molar-refractivity contribution in [3.8, 4) is 0 Å². The van der Waals surface area contributed by atoms with Crippen molar-refractivity contribution in [1.29, 1.82) is 0 Å². The molecular formula is C11H15N3OS. The van der Waals surface area contributed by atoms with Gasteiger partial charge in [-0.2, -0.15) is 4.37 Å². The number of amides is 1. The van der Waals surface area contributed by atoms with Crippen molar-refractivity contribution < 1.29 is 4.79 Å². The maximum absolute atomic E-state index is 12.5. The van der Waals surface area contributed by atoms with Crippen LogP contribution in [0.15, 0.2) is 12.3 Å². The molecule has 0 unspecified atom stereocenters. The number of nitrogens with one attached hydrogen (secondary N) is 1. The maximum Gasteiger partial charge on any atom is 0.234 e. The minimum atomic E-state index is -0.0742. The highest BCUT2D eigenvalue weighted by atomic mass is 32.1. The first kappa shape index (κ1) is 10.2. The van der Waals surface area contributed by atoms with Crippen LogP contribution in [0.25, 0.3) is 0 Å². The van der Waals surface area contributed by atoms with Gasteiger partial charge in [0.15, 0.2) is 0 Å². The van der Waals surface area contributed by atoms with E-state index in [2.05, 4.69) is 9.69 Å². The summed E-state index contributed by atoms with van der Waals surface area (Å²) in [4.78, 5) is 14.4. The van der Waals surface area contributed by atoms with Crippen molar-refractivity contribution in [3.05, 3.63) is 12.3 Å². The number of hydrogen-bond donors (Lipinski definition) is 1. The largest absolute Gasteiger partial charge is 0.317 e. The molecule has 16 heavy (non-hydrogen) atoms. The number of hydrogen-bond acceptors (Lipinski definition) is 4. The van der Waals surface area contributed by atoms with Crippen LogP contribution in [0.5, 0.6) is 0 Å². The van der Waals surface area contributed by atoms with Gasteiger partial charge >= 0.3 is 0 Å². The van der Waals surface area contributed by atoms with E-state index in [9.17, 15) is 4.79 Å². The fraction of sp³-hybridized carbons (Fsp3) is 0.636. The summed E-state index contributed by atoms with van der Waals surface area (Å²) >= 11 is 1.41. The molecule has 2 saturated heterocycles. The van der Waals surface area contributed by atoms with Crippen molar-refractivity contribution in [3.63, 3.8) is 0 Å². The van der Waals surface area contributed by atoms with Gasteiger partial charge in [-0.05, 0) is 50.0 Å². The van der Waals surface area contributed by atoms with Crippen LogP contribution in [0, 0.1) is 5.41 Å². The van der Waals surface area contributed by atoms with Gasteiger partial charge in [0.05, 0.1) is 5.41 Å². The number of piperidine rings is 1. The molecule has 0 saturated carbocycles. The van der Waals surface area contributed by atoms with Crippen LogP contribution in [0.3, 0.4) is 0 Å². The van der Waals surface area contributed by atoms with Gasteiger partial charge in [0, 0.05) is 12.7 Å². The van der Waals surface area contributed by atoms with Gasteiger partial charge in [0.25, 0.3) is 0 Å². The summed E-state index contributed by atoms with van der Waals surface area (Å²) in [6, 6.07) is 1.93. The van der Waals surface area contributed by atoms with Crippen LogP contribution in [-0.4, -0.2) is 29.9 Å². The molecule has 2 fully saturated rings. The van der Waals surface area contributed by atoms with E-state index < -0.39 is 0 Å². The predicted molar refractivity (Wildman–Crippen MR) is 63.6 cm³/mol. The van der Waals surface area contributed by atoms with E-state index in [1.807, 2.05) is 11.0 Å². The zero-order valence-corrected chi connectivity index (χ0v) is 9.92. The highest BCUT2D eigenvalue weighted by Gasteiger charge is 2.47. The Bertz CT molecular complexity index is 384. The Kier molecular flexibility index (Phi) is 2.44. The smallest absolute Gasteiger partial charge is 0.234 e. The first-order valence-corrected chi connectivity index (χ1v) is 6.53. The summed E-state index contributed by atoms with van der Waals surface area (Å²) in [6.07, 6.45) is 4.74. The number of anilines is 1. The van der Waals surface area contributed by atoms with E-state index in [1.165, 1.54) is 11.5 Å². The Morgan fingerprint density at radius 1 is 1.38 bits per heavy atom. The van der Waals surface area contributed by atoms with E-state index in [4.69, 9.17) is 0 Å². The predicted octanol–water partition coefficient (Wildman–Crippen LogP) is 1.25. The Hall–Kier alpha value is -0.940. The average molecular weight is 237 g/mol. The van der Waals surface area contributed by atoms with E-state index in [0.717, 1.165) is 43.9 Å². The molecule has 2 aliphatic heterocycles. The minimum absolute atomic E-state index is 0.0742. The van der Waals surface area contributed by atoms with Gasteiger partial charge in [-0.3, -0.25) is 4.79 Å². The molecule has 2 aliphatic rings. The Labute approximate surface area is 98.8 Å². The highest BCUT2D eigenvalue weighted by Crippen LogP contribution is 2.42. The molecule has 4 nitrogen and oxygen atoms in total. The molecule has 1 aromatic rings. The standard InChI is InChI=1S/C11H15N3OS/c15-10-11(2-6-12-7-3-11)4-8-14(10)9-1-5-13-16-9/h1,5,12H,2-4,6-8H2. The second kappa shape index (κ2) is 3.82.